The Bertz CT molecular complexity index is 924. The molecule has 0 unspecified atom stereocenters. The third-order valence-corrected chi connectivity index (χ3v) is 5.29. The van der Waals surface area contributed by atoms with Crippen LogP contribution in [0.15, 0.2) is 42.5 Å². The van der Waals surface area contributed by atoms with E-state index in [0.717, 1.165) is 31.5 Å². The third-order valence-electron chi connectivity index (χ3n) is 4.98. The smallest absolute Gasteiger partial charge is 0.253 e. The molecule has 2 aromatic carbocycles. The normalized spacial score (nSPS) is 13.1. The van der Waals surface area contributed by atoms with Gasteiger partial charge in [0.2, 0.25) is 5.91 Å². The summed E-state index contributed by atoms with van der Waals surface area (Å²) in [5.41, 5.74) is 2.61. The maximum absolute atomic E-state index is 12.4. The first kappa shape index (κ1) is 21.6. The molecule has 3 rings (SSSR count). The lowest BCUT2D eigenvalue weighted by atomic mass is 10.1. The molecule has 1 aliphatic rings. The van der Waals surface area contributed by atoms with Crippen molar-refractivity contribution in [2.75, 3.05) is 32.0 Å². The fourth-order valence-corrected chi connectivity index (χ4v) is 3.52. The molecule has 7 nitrogen and oxygen atoms in total. The Morgan fingerprint density at radius 3 is 2.37 bits per heavy atom. The lowest BCUT2D eigenvalue weighted by Crippen LogP contribution is -2.29. The van der Waals surface area contributed by atoms with Crippen molar-refractivity contribution in [3.8, 4) is 0 Å². The summed E-state index contributed by atoms with van der Waals surface area (Å²) in [6.07, 6.45) is 2.13. The first-order valence-electron chi connectivity index (χ1n) is 9.88. The van der Waals surface area contributed by atoms with E-state index >= 15 is 0 Å². The number of nitrogens with zero attached hydrogens (tertiary/aromatic N) is 1. The first-order valence-corrected chi connectivity index (χ1v) is 10.3. The van der Waals surface area contributed by atoms with E-state index in [9.17, 15) is 14.4 Å². The zero-order valence-electron chi connectivity index (χ0n) is 16.8. The quantitative estimate of drug-likeness (QED) is 0.632. The van der Waals surface area contributed by atoms with Gasteiger partial charge in [0.25, 0.3) is 11.8 Å². The van der Waals surface area contributed by atoms with Gasteiger partial charge in [-0.25, -0.2) is 0 Å². The second-order valence-electron chi connectivity index (χ2n) is 7.10. The minimum atomic E-state index is -0.266. The third kappa shape index (κ3) is 5.51. The van der Waals surface area contributed by atoms with E-state index < -0.39 is 0 Å². The molecule has 1 saturated heterocycles. The highest BCUT2D eigenvalue weighted by Gasteiger charge is 2.19. The standard InChI is InChI=1S/C22H25ClN4O3/c1-24-21(29)18-9-8-17(12-19(18)23)25-14-20(28)26-13-15-4-6-16(7-5-15)22(30)27-10-2-3-11-27/h4-9,12,25H,2-3,10-11,13-14H2,1H3,(H,24,29)(H,26,28). The van der Waals surface area contributed by atoms with E-state index in [2.05, 4.69) is 16.0 Å². The molecule has 0 bridgehead atoms. The Hall–Kier alpha value is -3.06. The number of benzene rings is 2. The van der Waals surface area contributed by atoms with Crippen LogP contribution in [0, 0.1) is 0 Å². The highest BCUT2D eigenvalue weighted by molar-refractivity contribution is 6.34. The van der Waals surface area contributed by atoms with Gasteiger partial charge in [-0.05, 0) is 48.7 Å². The van der Waals surface area contributed by atoms with Crippen molar-refractivity contribution in [3.63, 3.8) is 0 Å². The number of carbonyl (C=O) groups is 3. The van der Waals surface area contributed by atoms with Crippen molar-refractivity contribution in [1.29, 1.82) is 0 Å². The van der Waals surface area contributed by atoms with E-state index in [4.69, 9.17) is 11.6 Å². The Balaban J connectivity index is 1.46. The SMILES string of the molecule is CNC(=O)c1ccc(NCC(=O)NCc2ccc(C(=O)N3CCCC3)cc2)cc1Cl. The summed E-state index contributed by atoms with van der Waals surface area (Å²) in [6.45, 7) is 2.09. The van der Waals surface area contributed by atoms with Gasteiger partial charge < -0.3 is 20.9 Å². The predicted molar refractivity (Wildman–Crippen MR) is 117 cm³/mol. The molecule has 1 fully saturated rings. The second-order valence-corrected chi connectivity index (χ2v) is 7.51. The monoisotopic (exact) mass is 428 g/mol. The summed E-state index contributed by atoms with van der Waals surface area (Å²) in [4.78, 5) is 38.0. The van der Waals surface area contributed by atoms with Gasteiger partial charge in [0.15, 0.2) is 0 Å². The molecular weight excluding hydrogens is 404 g/mol. The molecular formula is C22H25ClN4O3. The van der Waals surface area contributed by atoms with Crippen molar-refractivity contribution in [2.45, 2.75) is 19.4 Å². The molecule has 1 heterocycles. The van der Waals surface area contributed by atoms with Crippen LogP contribution in [0.1, 0.15) is 39.1 Å². The van der Waals surface area contributed by atoms with E-state index in [-0.39, 0.29) is 24.3 Å². The number of likely N-dealkylation sites (tertiary alicyclic amines) is 1. The average Bonchev–Trinajstić information content (AvgIpc) is 3.30. The molecule has 3 amide bonds. The zero-order chi connectivity index (χ0) is 21.5. The van der Waals surface area contributed by atoms with Crippen LogP contribution in [-0.4, -0.2) is 49.3 Å². The van der Waals surface area contributed by atoms with Crippen molar-refractivity contribution < 1.29 is 14.4 Å². The van der Waals surface area contributed by atoms with Crippen LogP contribution in [-0.2, 0) is 11.3 Å². The fraction of sp³-hybridized carbons (Fsp3) is 0.318. The Kier molecular flexibility index (Phi) is 7.30. The van der Waals surface area contributed by atoms with Crippen LogP contribution in [0.4, 0.5) is 5.69 Å². The Morgan fingerprint density at radius 2 is 1.73 bits per heavy atom. The lowest BCUT2D eigenvalue weighted by molar-refractivity contribution is -0.119. The summed E-state index contributed by atoms with van der Waals surface area (Å²) in [5.74, 6) is -0.385. The number of nitrogens with one attached hydrogen (secondary N) is 3. The Labute approximate surface area is 180 Å². The summed E-state index contributed by atoms with van der Waals surface area (Å²) in [6, 6.07) is 12.2. The molecule has 0 saturated carbocycles. The largest absolute Gasteiger partial charge is 0.376 e. The molecule has 8 heteroatoms. The van der Waals surface area contributed by atoms with Crippen molar-refractivity contribution >= 4 is 35.0 Å². The van der Waals surface area contributed by atoms with Crippen LogP contribution in [0.3, 0.4) is 0 Å². The Morgan fingerprint density at radius 1 is 1.03 bits per heavy atom. The summed E-state index contributed by atoms with van der Waals surface area (Å²) in [5, 5.41) is 8.64. The molecule has 0 atom stereocenters. The van der Waals surface area contributed by atoms with Gasteiger partial charge in [-0.15, -0.1) is 0 Å². The van der Waals surface area contributed by atoms with Gasteiger partial charge in [-0.1, -0.05) is 23.7 Å². The highest BCUT2D eigenvalue weighted by Crippen LogP contribution is 2.20. The number of rotatable bonds is 7. The van der Waals surface area contributed by atoms with E-state index in [0.29, 0.717) is 28.4 Å². The molecule has 158 valence electrons. The molecule has 0 aliphatic carbocycles. The van der Waals surface area contributed by atoms with Gasteiger partial charge in [-0.3, -0.25) is 14.4 Å². The molecule has 2 aromatic rings. The van der Waals surface area contributed by atoms with E-state index in [1.165, 1.54) is 7.05 Å². The topological polar surface area (TPSA) is 90.5 Å². The van der Waals surface area contributed by atoms with Crippen LogP contribution < -0.4 is 16.0 Å². The number of carbonyl (C=O) groups excluding carboxylic acids is 3. The first-order chi connectivity index (χ1) is 14.5. The number of anilines is 1. The number of hydrogen-bond donors (Lipinski definition) is 3. The predicted octanol–water partition coefficient (Wildman–Crippen LogP) is 2.66. The van der Waals surface area contributed by atoms with Crippen LogP contribution in [0.2, 0.25) is 5.02 Å². The zero-order valence-corrected chi connectivity index (χ0v) is 17.6. The van der Waals surface area contributed by atoms with Gasteiger partial charge in [0, 0.05) is 37.9 Å². The van der Waals surface area contributed by atoms with Crippen molar-refractivity contribution in [2.24, 2.45) is 0 Å². The number of hydrogen-bond acceptors (Lipinski definition) is 4. The van der Waals surface area contributed by atoms with Crippen molar-refractivity contribution in [3.05, 3.63) is 64.2 Å². The number of halogens is 1. The molecule has 3 N–H and O–H groups in total. The average molecular weight is 429 g/mol. The van der Waals surface area contributed by atoms with Gasteiger partial charge in [0.05, 0.1) is 17.1 Å². The molecule has 30 heavy (non-hydrogen) atoms. The second kappa shape index (κ2) is 10.1. The summed E-state index contributed by atoms with van der Waals surface area (Å²) >= 11 is 6.11. The van der Waals surface area contributed by atoms with E-state index in [1.807, 2.05) is 17.0 Å². The summed E-state index contributed by atoms with van der Waals surface area (Å²) < 4.78 is 0. The van der Waals surface area contributed by atoms with Crippen LogP contribution >= 0.6 is 11.6 Å². The minimum Gasteiger partial charge on any atom is -0.376 e. The summed E-state index contributed by atoms with van der Waals surface area (Å²) in [7, 11) is 1.54. The van der Waals surface area contributed by atoms with Crippen LogP contribution in [0.5, 0.6) is 0 Å². The van der Waals surface area contributed by atoms with Gasteiger partial charge in [-0.2, -0.15) is 0 Å². The van der Waals surface area contributed by atoms with E-state index in [1.54, 1.807) is 30.3 Å². The highest BCUT2D eigenvalue weighted by atomic mass is 35.5. The van der Waals surface area contributed by atoms with Gasteiger partial charge >= 0.3 is 0 Å². The van der Waals surface area contributed by atoms with Crippen LogP contribution in [0.25, 0.3) is 0 Å². The minimum absolute atomic E-state index is 0.0633. The molecule has 0 radical (unpaired) electrons. The lowest BCUT2D eigenvalue weighted by Gasteiger charge is -2.15. The maximum Gasteiger partial charge on any atom is 0.253 e. The number of amides is 3. The maximum atomic E-state index is 12.4. The fourth-order valence-electron chi connectivity index (χ4n) is 3.26. The molecule has 0 spiro atoms. The van der Waals surface area contributed by atoms with Crippen molar-refractivity contribution in [1.82, 2.24) is 15.5 Å². The molecule has 0 aromatic heterocycles. The van der Waals surface area contributed by atoms with Gasteiger partial charge in [0.1, 0.15) is 0 Å². The molecule has 1 aliphatic heterocycles.